The van der Waals surface area contributed by atoms with Gasteiger partial charge in [-0.15, -0.1) is 0 Å². The van der Waals surface area contributed by atoms with Crippen LogP contribution < -0.4 is 10.1 Å². The minimum Gasteiger partial charge on any atom is -0.471 e. The predicted molar refractivity (Wildman–Crippen MR) is 121 cm³/mol. The molecule has 5 heterocycles. The van der Waals surface area contributed by atoms with Crippen molar-refractivity contribution in [1.29, 1.82) is 0 Å². The van der Waals surface area contributed by atoms with E-state index >= 15 is 0 Å². The van der Waals surface area contributed by atoms with E-state index in [2.05, 4.69) is 20.5 Å². The molecule has 0 aromatic carbocycles. The lowest BCUT2D eigenvalue weighted by molar-refractivity contribution is 0.0955. The first kappa shape index (κ1) is 21.1. The molecule has 1 amide bonds. The predicted octanol–water partition coefficient (Wildman–Crippen LogP) is 2.59. The summed E-state index contributed by atoms with van der Waals surface area (Å²) < 4.78 is 15.3. The van der Waals surface area contributed by atoms with Crippen molar-refractivity contribution >= 4 is 11.6 Å². The van der Waals surface area contributed by atoms with Crippen molar-refractivity contribution in [3.05, 3.63) is 48.8 Å². The van der Waals surface area contributed by atoms with Gasteiger partial charge in [-0.3, -0.25) is 14.5 Å². The molecule has 1 aliphatic rings. The Hall–Kier alpha value is -3.79. The number of nitrogens with zero attached hydrogens (tertiary/aromatic N) is 6. The van der Waals surface area contributed by atoms with Gasteiger partial charge in [0.25, 0.3) is 5.91 Å². The fraction of sp³-hybridized carbons (Fsp3) is 0.348. The molecule has 10 heteroatoms. The third kappa shape index (κ3) is 4.17. The number of hydrogen-bond donors (Lipinski definition) is 1. The highest BCUT2D eigenvalue weighted by atomic mass is 16.5. The second-order valence-electron chi connectivity index (χ2n) is 7.80. The van der Waals surface area contributed by atoms with E-state index in [1.165, 1.54) is 0 Å². The minimum atomic E-state index is -0.170. The molecule has 4 aromatic heterocycles. The van der Waals surface area contributed by atoms with Crippen LogP contribution in [0.25, 0.3) is 27.9 Å². The van der Waals surface area contributed by atoms with E-state index in [0.29, 0.717) is 36.8 Å². The Labute approximate surface area is 190 Å². The zero-order chi connectivity index (χ0) is 22.8. The van der Waals surface area contributed by atoms with Crippen molar-refractivity contribution in [2.24, 2.45) is 0 Å². The maximum atomic E-state index is 12.3. The largest absolute Gasteiger partial charge is 0.471 e. The van der Waals surface area contributed by atoms with Crippen LogP contribution >= 0.6 is 0 Å². The maximum Gasteiger partial charge on any atom is 0.252 e. The molecule has 0 spiro atoms. The second-order valence-corrected chi connectivity index (χ2v) is 7.80. The molecule has 1 N–H and O–H groups in total. The van der Waals surface area contributed by atoms with Gasteiger partial charge in [0, 0.05) is 61.0 Å². The highest BCUT2D eigenvalue weighted by molar-refractivity contribution is 5.95. The van der Waals surface area contributed by atoms with Crippen LogP contribution in [-0.4, -0.2) is 61.1 Å². The molecule has 33 heavy (non-hydrogen) atoms. The van der Waals surface area contributed by atoms with Crippen LogP contribution in [0.4, 0.5) is 0 Å². The Balaban J connectivity index is 1.60. The summed E-state index contributed by atoms with van der Waals surface area (Å²) in [5, 5.41) is 11.7. The number of amides is 1. The fourth-order valence-corrected chi connectivity index (χ4v) is 3.80. The third-order valence-electron chi connectivity index (χ3n) is 5.54. The number of aromatic nitrogens is 6. The zero-order valence-corrected chi connectivity index (χ0v) is 18.6. The molecule has 10 nitrogen and oxygen atoms in total. The Bertz CT molecular complexity index is 1290. The van der Waals surface area contributed by atoms with Gasteiger partial charge in [0.1, 0.15) is 6.10 Å². The van der Waals surface area contributed by atoms with Gasteiger partial charge in [-0.05, 0) is 19.9 Å². The van der Waals surface area contributed by atoms with E-state index < -0.39 is 0 Å². The van der Waals surface area contributed by atoms with Gasteiger partial charge in [-0.2, -0.15) is 15.2 Å². The maximum absolute atomic E-state index is 12.3. The first-order valence-corrected chi connectivity index (χ1v) is 11.1. The molecule has 0 radical (unpaired) electrons. The smallest absolute Gasteiger partial charge is 0.252 e. The Morgan fingerprint density at radius 1 is 1.15 bits per heavy atom. The molecule has 170 valence electrons. The molecule has 1 saturated heterocycles. The number of carbonyl (C=O) groups excluding carboxylic acids is 1. The van der Waals surface area contributed by atoms with Crippen molar-refractivity contribution < 1.29 is 14.3 Å². The first-order valence-electron chi connectivity index (χ1n) is 11.1. The molecule has 0 saturated carbocycles. The number of hydrogen-bond acceptors (Lipinski definition) is 7. The van der Waals surface area contributed by atoms with Crippen molar-refractivity contribution in [3.8, 4) is 28.1 Å². The molecule has 1 fully saturated rings. The van der Waals surface area contributed by atoms with Crippen molar-refractivity contribution in [2.45, 2.75) is 32.9 Å². The Morgan fingerprint density at radius 3 is 2.82 bits per heavy atom. The van der Waals surface area contributed by atoms with E-state index in [1.54, 1.807) is 35.4 Å². The number of pyridine rings is 1. The number of nitrogens with one attached hydrogen (secondary N) is 1. The van der Waals surface area contributed by atoms with E-state index in [4.69, 9.17) is 14.5 Å². The summed E-state index contributed by atoms with van der Waals surface area (Å²) in [6.07, 6.45) is 11.4. The van der Waals surface area contributed by atoms with E-state index in [1.807, 2.05) is 30.9 Å². The summed E-state index contributed by atoms with van der Waals surface area (Å²) in [7, 11) is 0. The number of ether oxygens (including phenoxy) is 2. The molecule has 1 atom stereocenters. The average Bonchev–Trinajstić information content (AvgIpc) is 3.60. The van der Waals surface area contributed by atoms with E-state index in [9.17, 15) is 4.79 Å². The summed E-state index contributed by atoms with van der Waals surface area (Å²) in [4.78, 5) is 21.4. The lowest BCUT2D eigenvalue weighted by Crippen LogP contribution is -2.22. The summed E-state index contributed by atoms with van der Waals surface area (Å²) >= 11 is 0. The van der Waals surface area contributed by atoms with Gasteiger partial charge in [0.15, 0.2) is 5.65 Å². The van der Waals surface area contributed by atoms with Gasteiger partial charge in [0.2, 0.25) is 5.88 Å². The van der Waals surface area contributed by atoms with Gasteiger partial charge in [-0.25, -0.2) is 4.52 Å². The van der Waals surface area contributed by atoms with Crippen LogP contribution in [0, 0.1) is 0 Å². The number of carbonyl (C=O) groups is 1. The summed E-state index contributed by atoms with van der Waals surface area (Å²) in [6.45, 7) is 6.43. The number of fused-ring (bicyclic) bond motifs is 1. The second kappa shape index (κ2) is 8.99. The minimum absolute atomic E-state index is 0.0611. The van der Waals surface area contributed by atoms with Crippen LogP contribution in [0.15, 0.2) is 43.2 Å². The summed E-state index contributed by atoms with van der Waals surface area (Å²) in [6, 6.07) is 1.79. The average molecular weight is 447 g/mol. The highest BCUT2D eigenvalue weighted by Gasteiger charge is 2.23. The van der Waals surface area contributed by atoms with Crippen LogP contribution in [0.3, 0.4) is 0 Å². The van der Waals surface area contributed by atoms with Gasteiger partial charge in [0.05, 0.1) is 36.7 Å². The van der Waals surface area contributed by atoms with Gasteiger partial charge < -0.3 is 14.8 Å². The lowest BCUT2D eigenvalue weighted by Gasteiger charge is -2.14. The van der Waals surface area contributed by atoms with Crippen LogP contribution in [-0.2, 0) is 11.3 Å². The molecule has 4 aromatic rings. The van der Waals surface area contributed by atoms with E-state index in [0.717, 1.165) is 35.2 Å². The molecular weight excluding hydrogens is 422 g/mol. The molecule has 0 bridgehead atoms. The highest BCUT2D eigenvalue weighted by Crippen LogP contribution is 2.33. The van der Waals surface area contributed by atoms with Crippen LogP contribution in [0.5, 0.6) is 5.88 Å². The van der Waals surface area contributed by atoms with Crippen molar-refractivity contribution in [2.75, 3.05) is 19.8 Å². The molecule has 5 rings (SSSR count). The van der Waals surface area contributed by atoms with Crippen LogP contribution in [0.2, 0.25) is 0 Å². The number of aryl methyl sites for hydroxylation is 1. The topological polar surface area (TPSA) is 108 Å². The zero-order valence-electron chi connectivity index (χ0n) is 18.6. The Kier molecular flexibility index (Phi) is 5.74. The normalized spacial score (nSPS) is 15.8. The molecule has 0 unspecified atom stereocenters. The van der Waals surface area contributed by atoms with Gasteiger partial charge in [-0.1, -0.05) is 0 Å². The molecular formula is C23H25N7O3. The quantitative estimate of drug-likeness (QED) is 0.464. The molecule has 0 aliphatic carbocycles. The van der Waals surface area contributed by atoms with Crippen LogP contribution in [0.1, 0.15) is 30.6 Å². The third-order valence-corrected chi connectivity index (χ3v) is 5.54. The van der Waals surface area contributed by atoms with E-state index in [-0.39, 0.29) is 12.0 Å². The Morgan fingerprint density at radius 2 is 2.06 bits per heavy atom. The fourth-order valence-electron chi connectivity index (χ4n) is 3.80. The van der Waals surface area contributed by atoms with Crippen molar-refractivity contribution in [3.63, 3.8) is 0 Å². The monoisotopic (exact) mass is 447 g/mol. The first-order chi connectivity index (χ1) is 16.2. The number of rotatable bonds is 7. The standard InChI is InChI=1S/C23H25N7O3/c1-3-25-22(31)16-7-15(8-24-9-16)19-11-27-30-13-20(17-10-26-29(4-2)12-17)23(28-21(19)30)33-18-5-6-32-14-18/h7-13,18H,3-6,14H2,1-2H3,(H,25,31)/t18-/m0/s1. The van der Waals surface area contributed by atoms with Gasteiger partial charge >= 0.3 is 0 Å². The lowest BCUT2D eigenvalue weighted by atomic mass is 10.1. The summed E-state index contributed by atoms with van der Waals surface area (Å²) in [5.41, 5.74) is 4.32. The summed E-state index contributed by atoms with van der Waals surface area (Å²) in [5.74, 6) is 0.333. The molecule has 1 aliphatic heterocycles. The van der Waals surface area contributed by atoms with Crippen molar-refractivity contribution in [1.82, 2.24) is 34.7 Å². The SMILES string of the molecule is CCNC(=O)c1cncc(-c2cnn3cc(-c4cnn(CC)c4)c(O[C@H]4CCOC4)nc23)c1.